The minimum absolute atomic E-state index is 0.0358. The molecule has 0 radical (unpaired) electrons. The third kappa shape index (κ3) is 2.49. The van der Waals surface area contributed by atoms with Gasteiger partial charge in [0.05, 0.1) is 11.1 Å². The predicted molar refractivity (Wildman–Crippen MR) is 79.9 cm³/mol. The van der Waals surface area contributed by atoms with Gasteiger partial charge in [-0.2, -0.15) is 0 Å². The summed E-state index contributed by atoms with van der Waals surface area (Å²) in [5.74, 6) is -0.0358. The molecule has 1 aromatic heterocycles. The average molecular weight is 290 g/mol. The number of carbonyl (C=O) groups excluding carboxylic acids is 1. The molecule has 1 aliphatic heterocycles. The van der Waals surface area contributed by atoms with Gasteiger partial charge in [0.15, 0.2) is 0 Å². The lowest BCUT2D eigenvalue weighted by molar-refractivity contribution is 0.0710. The summed E-state index contributed by atoms with van der Waals surface area (Å²) in [5.41, 5.74) is 7.20. The summed E-state index contributed by atoms with van der Waals surface area (Å²) in [6, 6.07) is 7.32. The Bertz CT molecular complexity index is 659. The smallest absolute Gasteiger partial charge is 0.256 e. The molecule has 0 bridgehead atoms. The van der Waals surface area contributed by atoms with Gasteiger partial charge in [0.2, 0.25) is 0 Å². The van der Waals surface area contributed by atoms with E-state index in [2.05, 4.69) is 4.98 Å². The molecule has 1 atom stereocenters. The number of hydrogen-bond acceptors (Lipinski definition) is 3. The van der Waals surface area contributed by atoms with Crippen LogP contribution in [0.4, 0.5) is 0 Å². The zero-order valence-electron chi connectivity index (χ0n) is 11.1. The first kappa shape index (κ1) is 13.3. The quantitative estimate of drug-likeness (QED) is 0.877. The van der Waals surface area contributed by atoms with Crippen molar-refractivity contribution in [1.29, 1.82) is 0 Å². The molecule has 1 amide bonds. The highest BCUT2D eigenvalue weighted by Crippen LogP contribution is 2.24. The molecule has 20 heavy (non-hydrogen) atoms. The largest absolute Gasteiger partial charge is 0.337 e. The van der Waals surface area contributed by atoms with E-state index in [1.807, 2.05) is 18.2 Å². The van der Waals surface area contributed by atoms with Crippen molar-refractivity contribution < 1.29 is 4.79 Å². The number of nitrogens with two attached hydrogens (primary N) is 1. The van der Waals surface area contributed by atoms with Crippen LogP contribution in [0.2, 0.25) is 5.02 Å². The zero-order chi connectivity index (χ0) is 14.1. The van der Waals surface area contributed by atoms with Crippen molar-refractivity contribution in [3.8, 4) is 0 Å². The van der Waals surface area contributed by atoms with Gasteiger partial charge in [0.1, 0.15) is 0 Å². The lowest BCUT2D eigenvalue weighted by atomic mass is 10.0. The topological polar surface area (TPSA) is 59.2 Å². The van der Waals surface area contributed by atoms with Crippen LogP contribution in [0.1, 0.15) is 23.2 Å². The first-order chi connectivity index (χ1) is 9.65. The number of pyridine rings is 1. The zero-order valence-corrected chi connectivity index (χ0v) is 11.8. The van der Waals surface area contributed by atoms with Gasteiger partial charge in [-0.3, -0.25) is 9.78 Å². The third-order valence-electron chi connectivity index (χ3n) is 3.65. The van der Waals surface area contributed by atoms with Crippen molar-refractivity contribution in [3.63, 3.8) is 0 Å². The molecule has 5 heteroatoms. The number of aromatic nitrogens is 1. The molecule has 3 rings (SSSR count). The predicted octanol–water partition coefficient (Wildman–Crippen LogP) is 2.45. The first-order valence-electron chi connectivity index (χ1n) is 6.74. The molecule has 2 aromatic rings. The van der Waals surface area contributed by atoms with Gasteiger partial charge in [0, 0.05) is 35.7 Å². The number of hydrogen-bond donors (Lipinski definition) is 1. The summed E-state index contributed by atoms with van der Waals surface area (Å²) in [5, 5.41) is 1.43. The monoisotopic (exact) mass is 289 g/mol. The van der Waals surface area contributed by atoms with Gasteiger partial charge in [-0.1, -0.05) is 17.7 Å². The highest BCUT2D eigenvalue weighted by atomic mass is 35.5. The van der Waals surface area contributed by atoms with E-state index in [0.717, 1.165) is 24.8 Å². The summed E-state index contributed by atoms with van der Waals surface area (Å²) < 4.78 is 0. The molecule has 104 valence electrons. The Morgan fingerprint density at radius 1 is 1.45 bits per heavy atom. The molecule has 1 fully saturated rings. The maximum Gasteiger partial charge on any atom is 0.256 e. The summed E-state index contributed by atoms with van der Waals surface area (Å²) in [6.45, 7) is 1.34. The van der Waals surface area contributed by atoms with Crippen LogP contribution in [-0.4, -0.2) is 34.9 Å². The summed E-state index contributed by atoms with van der Waals surface area (Å²) in [6.07, 6.45) is 3.60. The number of rotatable bonds is 1. The molecule has 1 saturated heterocycles. The first-order valence-corrected chi connectivity index (χ1v) is 7.12. The standard InChI is InChI=1S/C15H16ClN3O/c16-11-7-10-3-1-5-18-14(10)13(8-11)15(20)19-6-2-4-12(17)9-19/h1,3,5,7-8,12H,2,4,6,9,17H2. The second kappa shape index (κ2) is 5.38. The lowest BCUT2D eigenvalue weighted by Gasteiger charge is -2.31. The van der Waals surface area contributed by atoms with Crippen molar-refractivity contribution >= 4 is 28.4 Å². The number of piperidine rings is 1. The van der Waals surface area contributed by atoms with Crippen LogP contribution >= 0.6 is 11.6 Å². The van der Waals surface area contributed by atoms with E-state index in [-0.39, 0.29) is 11.9 Å². The Hall–Kier alpha value is -1.65. The van der Waals surface area contributed by atoms with Crippen molar-refractivity contribution in [1.82, 2.24) is 9.88 Å². The Balaban J connectivity index is 2.02. The number of benzene rings is 1. The number of nitrogens with zero attached hydrogens (tertiary/aromatic N) is 2. The SMILES string of the molecule is NC1CCCN(C(=O)c2cc(Cl)cc3cccnc23)C1. The number of carbonyl (C=O) groups is 1. The highest BCUT2D eigenvalue weighted by Gasteiger charge is 2.24. The summed E-state index contributed by atoms with van der Waals surface area (Å²) in [4.78, 5) is 18.8. The highest BCUT2D eigenvalue weighted by molar-refractivity contribution is 6.32. The molecule has 0 saturated carbocycles. The third-order valence-corrected chi connectivity index (χ3v) is 3.86. The fourth-order valence-corrected chi connectivity index (χ4v) is 2.91. The minimum Gasteiger partial charge on any atom is -0.337 e. The Labute approximate surface area is 122 Å². The fraction of sp³-hybridized carbons (Fsp3) is 0.333. The minimum atomic E-state index is -0.0358. The van der Waals surface area contributed by atoms with Crippen LogP contribution in [0.3, 0.4) is 0 Å². The van der Waals surface area contributed by atoms with Gasteiger partial charge in [-0.15, -0.1) is 0 Å². The van der Waals surface area contributed by atoms with Gasteiger partial charge in [0.25, 0.3) is 5.91 Å². The van der Waals surface area contributed by atoms with E-state index in [4.69, 9.17) is 17.3 Å². The van der Waals surface area contributed by atoms with Crippen molar-refractivity contribution in [2.75, 3.05) is 13.1 Å². The number of amides is 1. The van der Waals surface area contributed by atoms with Crippen LogP contribution in [0.25, 0.3) is 10.9 Å². The average Bonchev–Trinajstić information content (AvgIpc) is 2.45. The van der Waals surface area contributed by atoms with E-state index < -0.39 is 0 Å². The Morgan fingerprint density at radius 2 is 2.30 bits per heavy atom. The van der Waals surface area contributed by atoms with E-state index in [1.54, 1.807) is 17.2 Å². The van der Waals surface area contributed by atoms with Crippen LogP contribution in [-0.2, 0) is 0 Å². The molecular formula is C15H16ClN3O. The maximum atomic E-state index is 12.7. The van der Waals surface area contributed by atoms with Crippen LogP contribution in [0.5, 0.6) is 0 Å². The summed E-state index contributed by atoms with van der Waals surface area (Å²) >= 11 is 6.11. The van der Waals surface area contributed by atoms with E-state index in [0.29, 0.717) is 22.6 Å². The molecule has 0 spiro atoms. The molecule has 4 nitrogen and oxygen atoms in total. The molecule has 1 aliphatic rings. The van der Waals surface area contributed by atoms with E-state index in [1.165, 1.54) is 0 Å². The fourth-order valence-electron chi connectivity index (χ4n) is 2.68. The normalized spacial score (nSPS) is 19.3. The number of halogens is 1. The van der Waals surface area contributed by atoms with Crippen molar-refractivity contribution in [3.05, 3.63) is 41.0 Å². The Morgan fingerprint density at radius 3 is 3.10 bits per heavy atom. The second-order valence-electron chi connectivity index (χ2n) is 5.18. The van der Waals surface area contributed by atoms with Crippen LogP contribution in [0.15, 0.2) is 30.5 Å². The van der Waals surface area contributed by atoms with Crippen LogP contribution < -0.4 is 5.73 Å². The number of likely N-dealkylation sites (tertiary alicyclic amines) is 1. The van der Waals surface area contributed by atoms with Gasteiger partial charge in [-0.25, -0.2) is 0 Å². The molecule has 1 unspecified atom stereocenters. The van der Waals surface area contributed by atoms with Gasteiger partial charge < -0.3 is 10.6 Å². The molecule has 1 aromatic carbocycles. The van der Waals surface area contributed by atoms with Crippen LogP contribution in [0, 0.1) is 0 Å². The van der Waals surface area contributed by atoms with E-state index >= 15 is 0 Å². The molecule has 2 heterocycles. The summed E-state index contributed by atoms with van der Waals surface area (Å²) in [7, 11) is 0. The van der Waals surface area contributed by atoms with E-state index in [9.17, 15) is 4.79 Å². The molecule has 0 aliphatic carbocycles. The van der Waals surface area contributed by atoms with Gasteiger partial charge in [-0.05, 0) is 31.0 Å². The second-order valence-corrected chi connectivity index (χ2v) is 5.62. The Kier molecular flexibility index (Phi) is 3.59. The maximum absolute atomic E-state index is 12.7. The van der Waals surface area contributed by atoms with Gasteiger partial charge >= 0.3 is 0 Å². The van der Waals surface area contributed by atoms with Crippen molar-refractivity contribution in [2.45, 2.75) is 18.9 Å². The number of fused-ring (bicyclic) bond motifs is 1. The molecule has 2 N–H and O–H groups in total. The van der Waals surface area contributed by atoms with Crippen molar-refractivity contribution in [2.24, 2.45) is 5.73 Å². The lowest BCUT2D eigenvalue weighted by Crippen LogP contribution is -2.45. The molecular weight excluding hydrogens is 274 g/mol.